The smallest absolute Gasteiger partial charge is 0.330 e. The predicted molar refractivity (Wildman–Crippen MR) is 91.3 cm³/mol. The average molecular weight is 366 g/mol. The molecule has 2 heterocycles. The van der Waals surface area contributed by atoms with E-state index in [1.54, 1.807) is 16.7 Å². The van der Waals surface area contributed by atoms with Crippen LogP contribution in [0.5, 0.6) is 0 Å². The van der Waals surface area contributed by atoms with Gasteiger partial charge in [0.05, 0.1) is 4.87 Å². The van der Waals surface area contributed by atoms with E-state index in [2.05, 4.69) is 5.32 Å². The first-order valence-corrected chi connectivity index (χ1v) is 9.02. The van der Waals surface area contributed by atoms with Crippen LogP contribution in [0, 0.1) is 5.82 Å². The molecule has 134 valence electrons. The maximum atomic E-state index is 12.9. The number of thioether (sulfide) groups is 1. The van der Waals surface area contributed by atoms with Crippen LogP contribution in [0.4, 0.5) is 10.1 Å². The summed E-state index contributed by atoms with van der Waals surface area (Å²) in [6.45, 7) is 3.41. The van der Waals surface area contributed by atoms with Gasteiger partial charge in [-0.05, 0) is 44.5 Å². The van der Waals surface area contributed by atoms with Crippen molar-refractivity contribution >= 4 is 35.2 Å². The van der Waals surface area contributed by atoms with Crippen LogP contribution in [-0.2, 0) is 19.1 Å². The third-order valence-electron chi connectivity index (χ3n) is 4.49. The Hall–Kier alpha value is -2.09. The summed E-state index contributed by atoms with van der Waals surface area (Å²) in [7, 11) is 0. The molecule has 0 bridgehead atoms. The number of ether oxygens (including phenoxy) is 1. The Kier molecular flexibility index (Phi) is 4.73. The maximum absolute atomic E-state index is 12.9. The van der Waals surface area contributed by atoms with E-state index in [0.29, 0.717) is 24.3 Å². The van der Waals surface area contributed by atoms with Gasteiger partial charge in [0.15, 0.2) is 6.10 Å². The van der Waals surface area contributed by atoms with Gasteiger partial charge in [-0.3, -0.25) is 9.59 Å². The maximum Gasteiger partial charge on any atom is 0.330 e. The van der Waals surface area contributed by atoms with Crippen molar-refractivity contribution in [2.24, 2.45) is 0 Å². The Labute approximate surface area is 149 Å². The van der Waals surface area contributed by atoms with Gasteiger partial charge >= 0.3 is 5.97 Å². The molecule has 1 aromatic rings. The molecule has 1 N–H and O–H groups in total. The zero-order chi connectivity index (χ0) is 18.2. The van der Waals surface area contributed by atoms with E-state index in [1.165, 1.54) is 31.2 Å². The number of fused-ring (bicyclic) bond motifs is 1. The highest BCUT2D eigenvalue weighted by Crippen LogP contribution is 2.47. The molecular weight excluding hydrogens is 347 g/mol. The molecule has 2 amide bonds. The monoisotopic (exact) mass is 366 g/mol. The van der Waals surface area contributed by atoms with E-state index in [-0.39, 0.29) is 10.8 Å². The summed E-state index contributed by atoms with van der Waals surface area (Å²) in [5.41, 5.74) is 0.410. The molecule has 0 aromatic heterocycles. The topological polar surface area (TPSA) is 75.7 Å². The van der Waals surface area contributed by atoms with Crippen LogP contribution >= 0.6 is 11.8 Å². The molecule has 25 heavy (non-hydrogen) atoms. The first-order valence-electron chi connectivity index (χ1n) is 8.03. The van der Waals surface area contributed by atoms with Gasteiger partial charge in [-0.1, -0.05) is 0 Å². The number of hydrogen-bond donors (Lipinski definition) is 1. The third kappa shape index (κ3) is 3.49. The lowest BCUT2D eigenvalue weighted by molar-refractivity contribution is -0.160. The number of anilines is 1. The van der Waals surface area contributed by atoms with Crippen molar-refractivity contribution in [3.63, 3.8) is 0 Å². The summed E-state index contributed by atoms with van der Waals surface area (Å²) in [5.74, 6) is -1.09. The van der Waals surface area contributed by atoms with Crippen molar-refractivity contribution in [3.05, 3.63) is 30.1 Å². The van der Waals surface area contributed by atoms with Crippen LogP contribution < -0.4 is 5.32 Å². The number of rotatable bonds is 4. The second-order valence-electron chi connectivity index (χ2n) is 6.34. The summed E-state index contributed by atoms with van der Waals surface area (Å²) in [4.78, 5) is 37.8. The van der Waals surface area contributed by atoms with Gasteiger partial charge in [0, 0.05) is 17.9 Å². The van der Waals surface area contributed by atoms with Crippen LogP contribution in [0.3, 0.4) is 0 Å². The lowest BCUT2D eigenvalue weighted by Crippen LogP contribution is -2.48. The molecule has 0 radical (unpaired) electrons. The quantitative estimate of drug-likeness (QED) is 0.827. The van der Waals surface area contributed by atoms with Crippen molar-refractivity contribution in [1.29, 1.82) is 0 Å². The Balaban J connectivity index is 1.59. The zero-order valence-electron chi connectivity index (χ0n) is 14.0. The number of amides is 2. The van der Waals surface area contributed by atoms with Gasteiger partial charge in [-0.25, -0.2) is 9.18 Å². The van der Waals surface area contributed by atoms with E-state index in [9.17, 15) is 18.8 Å². The fourth-order valence-corrected chi connectivity index (χ4v) is 4.50. The van der Waals surface area contributed by atoms with E-state index >= 15 is 0 Å². The molecule has 8 heteroatoms. The molecule has 0 spiro atoms. The standard InChI is InChI=1S/C17H19FN2O4S/c1-10(15(22)19-12-5-3-11(18)4-6-12)24-16(23)13-9-25-17(2)8-7-14(21)20(13)17/h3-6,10,13H,7-9H2,1-2H3,(H,19,22)/t10-,13+,17+/m0/s1. The Morgan fingerprint density at radius 3 is 2.76 bits per heavy atom. The van der Waals surface area contributed by atoms with E-state index in [4.69, 9.17) is 4.74 Å². The van der Waals surface area contributed by atoms with Gasteiger partial charge in [0.2, 0.25) is 5.91 Å². The minimum atomic E-state index is -1.02. The van der Waals surface area contributed by atoms with Gasteiger partial charge in [-0.2, -0.15) is 0 Å². The Morgan fingerprint density at radius 2 is 2.08 bits per heavy atom. The molecule has 0 aliphatic carbocycles. The summed E-state index contributed by atoms with van der Waals surface area (Å²) < 4.78 is 18.1. The number of carbonyl (C=O) groups excluding carboxylic acids is 3. The number of nitrogens with one attached hydrogen (secondary N) is 1. The number of halogens is 1. The second-order valence-corrected chi connectivity index (χ2v) is 7.84. The lowest BCUT2D eigenvalue weighted by Gasteiger charge is -2.29. The molecule has 3 atom stereocenters. The van der Waals surface area contributed by atoms with Crippen LogP contribution in [-0.4, -0.2) is 45.5 Å². The average Bonchev–Trinajstić information content (AvgIpc) is 3.06. The number of benzene rings is 1. The number of hydrogen-bond acceptors (Lipinski definition) is 5. The Morgan fingerprint density at radius 1 is 1.40 bits per heavy atom. The van der Waals surface area contributed by atoms with E-state index in [0.717, 1.165) is 0 Å². The minimum Gasteiger partial charge on any atom is -0.451 e. The van der Waals surface area contributed by atoms with Crippen molar-refractivity contribution in [2.45, 2.75) is 43.7 Å². The zero-order valence-corrected chi connectivity index (χ0v) is 14.8. The molecule has 2 fully saturated rings. The SMILES string of the molecule is C[C@H](OC(=O)[C@H]1CS[C@]2(C)CCC(=O)N12)C(=O)Nc1ccc(F)cc1. The van der Waals surface area contributed by atoms with Crippen molar-refractivity contribution in [2.75, 3.05) is 11.1 Å². The Bertz CT molecular complexity index is 711. The predicted octanol–water partition coefficient (Wildman–Crippen LogP) is 2.15. The molecule has 0 saturated carbocycles. The van der Waals surface area contributed by atoms with E-state index in [1.807, 2.05) is 6.92 Å². The minimum absolute atomic E-state index is 0.0575. The van der Waals surface area contributed by atoms with Crippen molar-refractivity contribution in [3.8, 4) is 0 Å². The first-order chi connectivity index (χ1) is 11.8. The number of carbonyl (C=O) groups is 3. The van der Waals surface area contributed by atoms with Gasteiger partial charge in [-0.15, -0.1) is 11.8 Å². The summed E-state index contributed by atoms with van der Waals surface area (Å²) in [6, 6.07) is 4.63. The molecule has 1 aromatic carbocycles. The van der Waals surface area contributed by atoms with Crippen LogP contribution in [0.15, 0.2) is 24.3 Å². The highest BCUT2D eigenvalue weighted by Gasteiger charge is 2.53. The van der Waals surface area contributed by atoms with Gasteiger partial charge < -0.3 is 15.0 Å². The largest absolute Gasteiger partial charge is 0.451 e. The first kappa shape index (κ1) is 17.7. The number of nitrogens with zero attached hydrogens (tertiary/aromatic N) is 1. The van der Waals surface area contributed by atoms with Crippen LogP contribution in [0.1, 0.15) is 26.7 Å². The van der Waals surface area contributed by atoms with Gasteiger partial charge in [0.1, 0.15) is 11.9 Å². The van der Waals surface area contributed by atoms with Crippen molar-refractivity contribution < 1.29 is 23.5 Å². The van der Waals surface area contributed by atoms with E-state index < -0.39 is 29.8 Å². The summed E-state index contributed by atoms with van der Waals surface area (Å²) in [5, 5.41) is 2.56. The molecule has 0 unspecified atom stereocenters. The van der Waals surface area contributed by atoms with Gasteiger partial charge in [0.25, 0.3) is 5.91 Å². The molecule has 6 nitrogen and oxygen atoms in total. The molecule has 2 saturated heterocycles. The molecule has 2 aliphatic rings. The number of esters is 1. The van der Waals surface area contributed by atoms with Crippen molar-refractivity contribution in [1.82, 2.24) is 4.90 Å². The highest BCUT2D eigenvalue weighted by molar-refractivity contribution is 8.01. The van der Waals surface area contributed by atoms with Crippen LogP contribution in [0.25, 0.3) is 0 Å². The summed E-state index contributed by atoms with van der Waals surface area (Å²) >= 11 is 1.56. The lowest BCUT2D eigenvalue weighted by atomic mass is 10.2. The van der Waals surface area contributed by atoms with Crippen LogP contribution in [0.2, 0.25) is 0 Å². The fourth-order valence-electron chi connectivity index (χ4n) is 3.08. The fraction of sp³-hybridized carbons (Fsp3) is 0.471. The normalized spacial score (nSPS) is 26.3. The molecular formula is C17H19FN2O4S. The summed E-state index contributed by atoms with van der Waals surface area (Å²) in [6.07, 6.45) is 0.113. The highest BCUT2D eigenvalue weighted by atomic mass is 32.2. The second kappa shape index (κ2) is 6.67. The molecule has 2 aliphatic heterocycles. The molecule has 3 rings (SSSR count). The third-order valence-corrected chi connectivity index (χ3v) is 6.00.